The normalized spacial score (nSPS) is 40.9. The zero-order valence-corrected chi connectivity index (χ0v) is 43.8. The lowest BCUT2D eigenvalue weighted by atomic mass is 9.82. The highest BCUT2D eigenvalue weighted by Gasteiger charge is 2.51. The molecule has 0 aliphatic carbocycles. The molecule has 1 aromatic rings. The number of allylic oxidation sites excluding steroid dienone is 12. The first-order valence-corrected chi connectivity index (χ1v) is 25.8. The Labute approximate surface area is 444 Å². The summed E-state index contributed by atoms with van der Waals surface area (Å²) in [6.07, 6.45) is 5.57. The number of nitrogens with two attached hydrogens (primary N) is 1. The van der Waals surface area contributed by atoms with Crippen LogP contribution >= 0.6 is 0 Å². The Kier molecular flexibility index (Phi) is 26.5. The number of esters is 2. The van der Waals surface area contributed by atoms with Crippen molar-refractivity contribution in [1.29, 1.82) is 0 Å². The monoisotopic (exact) mass is 1070 g/mol. The first-order valence-electron chi connectivity index (χ1n) is 25.8. The van der Waals surface area contributed by atoms with Gasteiger partial charge in [-0.2, -0.15) is 0 Å². The van der Waals surface area contributed by atoms with Crippen molar-refractivity contribution in [2.45, 2.75) is 189 Å². The molecule has 76 heavy (non-hydrogen) atoms. The van der Waals surface area contributed by atoms with Crippen molar-refractivity contribution in [1.82, 2.24) is 15.3 Å². The molecule has 0 unspecified atom stereocenters. The minimum atomic E-state index is -2.39. The van der Waals surface area contributed by atoms with E-state index in [1.807, 2.05) is 13.0 Å². The highest BCUT2D eigenvalue weighted by atomic mass is 16.7. The summed E-state index contributed by atoms with van der Waals surface area (Å²) in [7, 11) is 1.13. The molecular formula is C54H82N4O18. The topological polar surface area (TPSA) is 366 Å². The first-order chi connectivity index (χ1) is 36.0. The third-order valence-electron chi connectivity index (χ3n) is 13.8. The van der Waals surface area contributed by atoms with Crippen molar-refractivity contribution in [2.75, 3.05) is 7.11 Å². The van der Waals surface area contributed by atoms with Crippen molar-refractivity contribution in [3.8, 4) is 0 Å². The van der Waals surface area contributed by atoms with E-state index in [0.717, 1.165) is 7.11 Å². The number of hydrogen-bond acceptors (Lipinski definition) is 20. The van der Waals surface area contributed by atoms with Crippen LogP contribution in [0.25, 0.3) is 0 Å². The van der Waals surface area contributed by atoms with E-state index < -0.39 is 159 Å². The number of hydrogen-bond donors (Lipinski definition) is 13. The second-order valence-corrected chi connectivity index (χ2v) is 20.1. The number of nitrogens with zero attached hydrogens (tertiary/aromatic N) is 1. The van der Waals surface area contributed by atoms with E-state index in [4.69, 9.17) is 29.4 Å². The number of H-pyrrole nitrogens is 1. The predicted octanol–water partition coefficient (Wildman–Crippen LogP) is 0.251. The van der Waals surface area contributed by atoms with Crippen LogP contribution in [-0.2, 0) is 44.5 Å². The van der Waals surface area contributed by atoms with Crippen molar-refractivity contribution in [2.24, 2.45) is 23.5 Å². The van der Waals surface area contributed by atoms with Crippen molar-refractivity contribution >= 4 is 17.8 Å². The van der Waals surface area contributed by atoms with E-state index in [-0.39, 0.29) is 38.0 Å². The molecule has 1 aromatic heterocycles. The fraction of sp³-hybridized carbons (Fsp3) is 0.630. The number of fused-ring (bicyclic) bond motifs is 2. The summed E-state index contributed by atoms with van der Waals surface area (Å²) in [6.45, 7) is 6.74. The Balaban J connectivity index is 1.65. The number of amides is 1. The van der Waals surface area contributed by atoms with Gasteiger partial charge in [0.25, 0.3) is 0 Å². The van der Waals surface area contributed by atoms with Gasteiger partial charge in [0.15, 0.2) is 12.1 Å². The standard InChI is InChI=1S/C54H82N4O18/c1-31-18-16-14-12-10-8-6-7-9-11-13-15-17-19-39(75-53-50(68)47(55)49(67)34(4)74-53)26-44-46(51(69)58-40(52(70)72-5)22-35-29-56-30-57-35)43(64)28-54(71,76-44)27-38(61)24-42(63)41(62)21-20-36(59)23-37(60)25-45(65)73-33(3)32(2)48(31)66/h6-19,29-34,36-44,46-50,53,59-64,66-68,71H,20-28,55H2,1-5H3,(H,56,57)(H,58,69)/b7-6+,10-8+,11-9+,14-12+,15-13+,18-16+,19-17+/t31-,32-,33-,34+,36+,37+,38-,39-,40-,41+,42+,43-,44-,46+,47-,48+,49+,50+,53-,54+/m0/s1. The van der Waals surface area contributed by atoms with Crippen LogP contribution in [0.15, 0.2) is 97.6 Å². The maximum absolute atomic E-state index is 14.3. The summed E-state index contributed by atoms with van der Waals surface area (Å²) in [5.41, 5.74) is 6.53. The molecule has 4 heterocycles. The number of aromatic amines is 1. The average Bonchev–Trinajstić information content (AvgIpc) is 3.88. The molecule has 4 rings (SSSR count). The number of aliphatic hydroxyl groups is 10. The van der Waals surface area contributed by atoms with Crippen LogP contribution in [0.2, 0.25) is 0 Å². The maximum atomic E-state index is 14.3. The third kappa shape index (κ3) is 20.6. The zero-order valence-electron chi connectivity index (χ0n) is 43.8. The van der Waals surface area contributed by atoms with Gasteiger partial charge in [-0.1, -0.05) is 98.9 Å². The van der Waals surface area contributed by atoms with Crippen molar-refractivity contribution in [3.63, 3.8) is 0 Å². The van der Waals surface area contributed by atoms with Gasteiger partial charge in [-0.3, -0.25) is 9.59 Å². The van der Waals surface area contributed by atoms with Crippen LogP contribution in [-0.4, -0.2) is 190 Å². The third-order valence-corrected chi connectivity index (χ3v) is 13.8. The van der Waals surface area contributed by atoms with Gasteiger partial charge in [0, 0.05) is 50.1 Å². The van der Waals surface area contributed by atoms with E-state index in [0.29, 0.717) is 5.69 Å². The molecule has 1 amide bonds. The molecule has 3 aliphatic heterocycles. The van der Waals surface area contributed by atoms with Gasteiger partial charge in [-0.05, 0) is 33.1 Å². The number of imidazole rings is 1. The summed E-state index contributed by atoms with van der Waals surface area (Å²) in [5.74, 6) is -7.16. The summed E-state index contributed by atoms with van der Waals surface area (Å²) >= 11 is 0. The quantitative estimate of drug-likeness (QED) is 0.163. The zero-order chi connectivity index (χ0) is 56.1. The van der Waals surface area contributed by atoms with Gasteiger partial charge in [-0.15, -0.1) is 0 Å². The van der Waals surface area contributed by atoms with E-state index >= 15 is 0 Å². The van der Waals surface area contributed by atoms with Gasteiger partial charge < -0.3 is 90.8 Å². The first kappa shape index (κ1) is 63.8. The SMILES string of the molecule is COC(=O)[C@H](Cc1c[nH]cn1)NC(=O)[C@H]1[C@@H]2C[C@@H](O[C@@H]3O[C@H](C)[C@@H](O)[C@H](N)[C@H]3O)/C=C/C=C/C=C/C=C/C=C/C=C/C=C/[C@H](C)[C@@H](O)[C@@H](C)[C@H](C)OC(=O)C[C@H](O)C[C@H](O)CC[C@@H](O)[C@H](O)C[C@H](O)C[C@](O)(C[C@@H]1O)O2. The number of carbonyl (C=O) groups is 3. The van der Waals surface area contributed by atoms with Crippen LogP contribution in [0, 0.1) is 17.8 Å². The average molecular weight is 1080 g/mol. The summed E-state index contributed by atoms with van der Waals surface area (Å²) in [5, 5.41) is 113. The van der Waals surface area contributed by atoms with Gasteiger partial charge >= 0.3 is 11.9 Å². The highest BCUT2D eigenvalue weighted by molar-refractivity contribution is 5.86. The van der Waals surface area contributed by atoms with Gasteiger partial charge in [0.05, 0.1) is 105 Å². The number of nitrogens with one attached hydrogen (secondary N) is 2. The predicted molar refractivity (Wildman–Crippen MR) is 276 cm³/mol. The van der Waals surface area contributed by atoms with Crippen LogP contribution in [0.5, 0.6) is 0 Å². The van der Waals surface area contributed by atoms with Crippen molar-refractivity contribution in [3.05, 3.63) is 103 Å². The number of cyclic esters (lactones) is 1. The fourth-order valence-electron chi connectivity index (χ4n) is 9.20. The van der Waals surface area contributed by atoms with E-state index in [9.17, 15) is 65.4 Å². The minimum absolute atomic E-state index is 0.110. The van der Waals surface area contributed by atoms with Crippen LogP contribution in [0.4, 0.5) is 0 Å². The van der Waals surface area contributed by atoms with Crippen LogP contribution < -0.4 is 11.1 Å². The molecule has 20 atom stereocenters. The Hall–Kier alpha value is -4.76. The minimum Gasteiger partial charge on any atom is -0.467 e. The molecule has 22 nitrogen and oxygen atoms in total. The number of rotatable bonds is 7. The second-order valence-electron chi connectivity index (χ2n) is 20.1. The molecule has 2 saturated heterocycles. The van der Waals surface area contributed by atoms with E-state index in [1.165, 1.54) is 25.5 Å². The number of methoxy groups -OCH3 is 1. The smallest absolute Gasteiger partial charge is 0.328 e. The largest absolute Gasteiger partial charge is 0.467 e. The fourth-order valence-corrected chi connectivity index (χ4v) is 9.20. The molecule has 0 aromatic carbocycles. The number of carbonyl (C=O) groups excluding carboxylic acids is 3. The molecule has 0 spiro atoms. The molecule has 0 radical (unpaired) electrons. The summed E-state index contributed by atoms with van der Waals surface area (Å²) < 4.78 is 28.7. The van der Waals surface area contributed by atoms with Gasteiger partial charge in [0.1, 0.15) is 18.2 Å². The molecule has 14 N–H and O–H groups in total. The summed E-state index contributed by atoms with van der Waals surface area (Å²) in [6, 6.07) is -2.48. The Morgan fingerprint density at radius 3 is 1.99 bits per heavy atom. The molecule has 3 aliphatic rings. The molecule has 22 heteroatoms. The lowest BCUT2D eigenvalue weighted by molar-refractivity contribution is -0.307. The second kappa shape index (κ2) is 31.6. The Morgan fingerprint density at radius 2 is 1.38 bits per heavy atom. The molecule has 2 fully saturated rings. The van der Waals surface area contributed by atoms with E-state index in [2.05, 4.69) is 15.3 Å². The van der Waals surface area contributed by atoms with Gasteiger partial charge in [0.2, 0.25) is 5.91 Å². The molecule has 0 saturated carbocycles. The number of aromatic nitrogens is 2. The van der Waals surface area contributed by atoms with Crippen molar-refractivity contribution < 1.29 is 89.1 Å². The van der Waals surface area contributed by atoms with Crippen LogP contribution in [0.1, 0.15) is 84.8 Å². The van der Waals surface area contributed by atoms with Gasteiger partial charge in [-0.25, -0.2) is 9.78 Å². The highest BCUT2D eigenvalue weighted by Crippen LogP contribution is 2.38. The lowest BCUT2D eigenvalue weighted by Gasteiger charge is -2.46. The number of ether oxygens (including phenoxy) is 5. The lowest BCUT2D eigenvalue weighted by Crippen LogP contribution is -2.62. The Bertz CT molecular complexity index is 2130. The number of aliphatic hydroxyl groups excluding tert-OH is 9. The molecule has 2 bridgehead atoms. The van der Waals surface area contributed by atoms with E-state index in [1.54, 1.807) is 86.8 Å². The molecule has 426 valence electrons. The summed E-state index contributed by atoms with van der Waals surface area (Å²) in [4.78, 5) is 46.9. The van der Waals surface area contributed by atoms with Crippen LogP contribution in [0.3, 0.4) is 0 Å². The molecular weight excluding hydrogens is 993 g/mol. The maximum Gasteiger partial charge on any atom is 0.328 e. The Morgan fingerprint density at radius 1 is 0.763 bits per heavy atom.